The van der Waals surface area contributed by atoms with Gasteiger partial charge in [-0.15, -0.1) is 10.2 Å². The van der Waals surface area contributed by atoms with E-state index in [1.165, 1.54) is 17.3 Å². The number of methoxy groups -OCH3 is 1. The summed E-state index contributed by atoms with van der Waals surface area (Å²) < 4.78 is 6.57. The van der Waals surface area contributed by atoms with Gasteiger partial charge in [-0.05, 0) is 6.07 Å². The SMILES string of the molecule is COc1ccccc1CC(=O)Nn1cnnc1. The Balaban J connectivity index is 2.03. The van der Waals surface area contributed by atoms with E-state index in [2.05, 4.69) is 15.6 Å². The van der Waals surface area contributed by atoms with Gasteiger partial charge in [0.15, 0.2) is 0 Å². The number of benzene rings is 1. The lowest BCUT2D eigenvalue weighted by atomic mass is 10.1. The monoisotopic (exact) mass is 232 g/mol. The van der Waals surface area contributed by atoms with E-state index in [-0.39, 0.29) is 12.3 Å². The van der Waals surface area contributed by atoms with Crippen molar-refractivity contribution in [2.75, 3.05) is 12.5 Å². The molecule has 2 aromatic rings. The molecular formula is C11H12N4O2. The Labute approximate surface area is 98.2 Å². The van der Waals surface area contributed by atoms with Gasteiger partial charge < -0.3 is 4.74 Å². The van der Waals surface area contributed by atoms with E-state index in [1.54, 1.807) is 7.11 Å². The van der Waals surface area contributed by atoms with Crippen LogP contribution >= 0.6 is 0 Å². The Hall–Kier alpha value is -2.37. The minimum atomic E-state index is -0.158. The van der Waals surface area contributed by atoms with Crippen LogP contribution in [-0.4, -0.2) is 27.9 Å². The standard InChI is InChI=1S/C11H12N4O2/c1-17-10-5-3-2-4-9(10)6-11(16)14-15-7-12-13-8-15/h2-5,7-8H,6H2,1H3,(H,14,16). The summed E-state index contributed by atoms with van der Waals surface area (Å²) in [5.74, 6) is 0.542. The van der Waals surface area contributed by atoms with Gasteiger partial charge in [-0.25, -0.2) is 4.68 Å². The van der Waals surface area contributed by atoms with Gasteiger partial charge in [-0.3, -0.25) is 10.2 Å². The normalized spacial score (nSPS) is 9.94. The van der Waals surface area contributed by atoms with Gasteiger partial charge in [0.05, 0.1) is 13.5 Å². The quantitative estimate of drug-likeness (QED) is 0.838. The van der Waals surface area contributed by atoms with Crippen molar-refractivity contribution in [3.63, 3.8) is 0 Å². The molecule has 88 valence electrons. The van der Waals surface area contributed by atoms with Gasteiger partial charge in [0.25, 0.3) is 0 Å². The van der Waals surface area contributed by atoms with Crippen molar-refractivity contribution in [2.45, 2.75) is 6.42 Å². The van der Waals surface area contributed by atoms with Crippen LogP contribution in [0.5, 0.6) is 5.75 Å². The average molecular weight is 232 g/mol. The molecule has 0 atom stereocenters. The molecule has 1 amide bonds. The van der Waals surface area contributed by atoms with Crippen LogP contribution in [0.3, 0.4) is 0 Å². The fourth-order valence-corrected chi connectivity index (χ4v) is 1.46. The number of hydrogen-bond acceptors (Lipinski definition) is 4. The zero-order valence-electron chi connectivity index (χ0n) is 9.33. The highest BCUT2D eigenvalue weighted by Crippen LogP contribution is 2.17. The zero-order valence-corrected chi connectivity index (χ0v) is 9.33. The van der Waals surface area contributed by atoms with Crippen LogP contribution in [0.15, 0.2) is 36.9 Å². The van der Waals surface area contributed by atoms with Gasteiger partial charge in [0, 0.05) is 5.56 Å². The Morgan fingerprint density at radius 1 is 1.35 bits per heavy atom. The van der Waals surface area contributed by atoms with Crippen LogP contribution in [-0.2, 0) is 11.2 Å². The van der Waals surface area contributed by atoms with Crippen molar-refractivity contribution in [1.82, 2.24) is 14.9 Å². The summed E-state index contributed by atoms with van der Waals surface area (Å²) in [7, 11) is 1.58. The number of para-hydroxylation sites is 1. The van der Waals surface area contributed by atoms with E-state index in [0.717, 1.165) is 5.56 Å². The summed E-state index contributed by atoms with van der Waals surface area (Å²) >= 11 is 0. The molecule has 0 unspecified atom stereocenters. The Kier molecular flexibility index (Phi) is 3.34. The van der Waals surface area contributed by atoms with E-state index >= 15 is 0 Å². The van der Waals surface area contributed by atoms with E-state index in [0.29, 0.717) is 5.75 Å². The summed E-state index contributed by atoms with van der Waals surface area (Å²) in [5.41, 5.74) is 3.45. The van der Waals surface area contributed by atoms with E-state index < -0.39 is 0 Å². The third-order valence-corrected chi connectivity index (χ3v) is 2.22. The van der Waals surface area contributed by atoms with Gasteiger partial charge in [-0.1, -0.05) is 18.2 Å². The smallest absolute Gasteiger partial charge is 0.243 e. The molecule has 1 N–H and O–H groups in total. The number of hydrogen-bond donors (Lipinski definition) is 1. The largest absolute Gasteiger partial charge is 0.496 e. The fourth-order valence-electron chi connectivity index (χ4n) is 1.46. The first-order valence-corrected chi connectivity index (χ1v) is 5.06. The molecule has 0 aliphatic rings. The molecule has 0 saturated carbocycles. The Morgan fingerprint density at radius 2 is 2.06 bits per heavy atom. The molecular weight excluding hydrogens is 220 g/mol. The first-order chi connectivity index (χ1) is 8.29. The van der Waals surface area contributed by atoms with Gasteiger partial charge in [-0.2, -0.15) is 0 Å². The molecule has 0 fully saturated rings. The third kappa shape index (κ3) is 2.81. The molecule has 6 heteroatoms. The molecule has 0 spiro atoms. The zero-order chi connectivity index (χ0) is 12.1. The summed E-state index contributed by atoms with van der Waals surface area (Å²) in [5, 5.41) is 7.18. The second-order valence-corrected chi connectivity index (χ2v) is 3.39. The van der Waals surface area contributed by atoms with Crippen LogP contribution < -0.4 is 10.2 Å². The van der Waals surface area contributed by atoms with Gasteiger partial charge in [0.2, 0.25) is 5.91 Å². The highest BCUT2D eigenvalue weighted by molar-refractivity contribution is 5.86. The molecule has 6 nitrogen and oxygen atoms in total. The minimum absolute atomic E-state index is 0.158. The lowest BCUT2D eigenvalue weighted by Crippen LogP contribution is -2.23. The number of ether oxygens (including phenoxy) is 1. The number of nitrogens with one attached hydrogen (secondary N) is 1. The summed E-state index contributed by atoms with van der Waals surface area (Å²) in [6.45, 7) is 0. The Morgan fingerprint density at radius 3 is 2.76 bits per heavy atom. The molecule has 0 saturated heterocycles. The highest BCUT2D eigenvalue weighted by atomic mass is 16.5. The van der Waals surface area contributed by atoms with Gasteiger partial charge in [0.1, 0.15) is 18.4 Å². The maximum absolute atomic E-state index is 11.7. The van der Waals surface area contributed by atoms with E-state index in [1.807, 2.05) is 24.3 Å². The molecule has 1 aromatic carbocycles. The lowest BCUT2D eigenvalue weighted by molar-refractivity contribution is -0.116. The molecule has 0 bridgehead atoms. The Bertz CT molecular complexity index is 496. The molecule has 0 radical (unpaired) electrons. The average Bonchev–Trinajstić information content (AvgIpc) is 2.82. The third-order valence-electron chi connectivity index (χ3n) is 2.22. The fraction of sp³-hybridized carbons (Fsp3) is 0.182. The molecule has 0 aliphatic carbocycles. The van der Waals surface area contributed by atoms with Gasteiger partial charge >= 0.3 is 0 Å². The lowest BCUT2D eigenvalue weighted by Gasteiger charge is -2.08. The molecule has 1 aromatic heterocycles. The van der Waals surface area contributed by atoms with Crippen LogP contribution in [0.25, 0.3) is 0 Å². The van der Waals surface area contributed by atoms with Crippen LogP contribution in [0, 0.1) is 0 Å². The first-order valence-electron chi connectivity index (χ1n) is 5.06. The number of rotatable bonds is 4. The predicted octanol–water partition coefficient (Wildman–Crippen LogP) is 0.599. The molecule has 0 aliphatic heterocycles. The van der Waals surface area contributed by atoms with Crippen molar-refractivity contribution in [3.8, 4) is 5.75 Å². The first kappa shape index (κ1) is 11.1. The number of amides is 1. The number of carbonyl (C=O) groups excluding carboxylic acids is 1. The maximum Gasteiger partial charge on any atom is 0.243 e. The summed E-state index contributed by atoms with van der Waals surface area (Å²) in [6.07, 6.45) is 3.07. The predicted molar refractivity (Wildman–Crippen MR) is 61.1 cm³/mol. The van der Waals surface area contributed by atoms with E-state index in [9.17, 15) is 4.79 Å². The number of nitrogens with zero attached hydrogens (tertiary/aromatic N) is 3. The van der Waals surface area contributed by atoms with Crippen molar-refractivity contribution < 1.29 is 9.53 Å². The van der Waals surface area contributed by atoms with Crippen molar-refractivity contribution in [2.24, 2.45) is 0 Å². The van der Waals surface area contributed by atoms with Crippen molar-refractivity contribution in [1.29, 1.82) is 0 Å². The molecule has 1 heterocycles. The summed E-state index contributed by atoms with van der Waals surface area (Å²) in [6, 6.07) is 7.40. The highest BCUT2D eigenvalue weighted by Gasteiger charge is 2.08. The van der Waals surface area contributed by atoms with Crippen LogP contribution in [0.4, 0.5) is 0 Å². The van der Waals surface area contributed by atoms with E-state index in [4.69, 9.17) is 4.74 Å². The topological polar surface area (TPSA) is 69.0 Å². The second kappa shape index (κ2) is 5.11. The van der Waals surface area contributed by atoms with Crippen LogP contribution in [0.2, 0.25) is 0 Å². The summed E-state index contributed by atoms with van der Waals surface area (Å²) in [4.78, 5) is 11.7. The molecule has 17 heavy (non-hydrogen) atoms. The van der Waals surface area contributed by atoms with Crippen LogP contribution in [0.1, 0.15) is 5.56 Å². The van der Waals surface area contributed by atoms with Crippen molar-refractivity contribution >= 4 is 5.91 Å². The second-order valence-electron chi connectivity index (χ2n) is 3.39. The van der Waals surface area contributed by atoms with Crippen molar-refractivity contribution in [3.05, 3.63) is 42.5 Å². The minimum Gasteiger partial charge on any atom is -0.496 e. The maximum atomic E-state index is 11.7. The number of aromatic nitrogens is 3. The number of carbonyl (C=O) groups is 1. The molecule has 2 rings (SSSR count).